The van der Waals surface area contributed by atoms with E-state index in [2.05, 4.69) is 47.7 Å². The maximum Gasteiger partial charge on any atom is 0.490 e. The average molecular weight is 931 g/mol. The predicted octanol–water partition coefficient (Wildman–Crippen LogP) is 6.25. The third-order valence-corrected chi connectivity index (χ3v) is 9.87. The van der Waals surface area contributed by atoms with Crippen LogP contribution in [-0.4, -0.2) is 116 Å². The molecule has 3 atom stereocenters. The van der Waals surface area contributed by atoms with Crippen molar-refractivity contribution < 1.29 is 70.2 Å². The molecule has 16 nitrogen and oxygen atoms in total. The van der Waals surface area contributed by atoms with Gasteiger partial charge in [0.05, 0.1) is 37.0 Å². The Hall–Kier alpha value is -6.23. The van der Waals surface area contributed by atoms with Crippen LogP contribution in [0.15, 0.2) is 79.3 Å². The number of halogens is 6. The van der Waals surface area contributed by atoms with Gasteiger partial charge in [0.1, 0.15) is 6.04 Å². The van der Waals surface area contributed by atoms with E-state index in [0.717, 1.165) is 28.3 Å². The normalized spacial score (nSPS) is 12.7. The maximum absolute atomic E-state index is 13.5. The zero-order valence-corrected chi connectivity index (χ0v) is 35.8. The van der Waals surface area contributed by atoms with Gasteiger partial charge < -0.3 is 30.2 Å². The van der Waals surface area contributed by atoms with Gasteiger partial charge in [-0.05, 0) is 46.2 Å². The number of thioether (sulfide) groups is 1. The predicted molar refractivity (Wildman–Crippen MR) is 223 cm³/mol. The Morgan fingerprint density at radius 1 is 0.922 bits per heavy atom. The van der Waals surface area contributed by atoms with Crippen molar-refractivity contribution in [2.24, 2.45) is 5.92 Å². The van der Waals surface area contributed by atoms with Gasteiger partial charge in [-0.15, -0.1) is 0 Å². The van der Waals surface area contributed by atoms with E-state index in [1.54, 1.807) is 36.4 Å². The number of fused-ring (bicyclic) bond motifs is 1. The minimum Gasteiger partial charge on any atom is -0.475 e. The summed E-state index contributed by atoms with van der Waals surface area (Å²) in [5.41, 5.74) is 2.55. The molecule has 0 radical (unpaired) electrons. The first-order valence-corrected chi connectivity index (χ1v) is 20.6. The van der Waals surface area contributed by atoms with Gasteiger partial charge in [0.2, 0.25) is 11.8 Å². The summed E-state index contributed by atoms with van der Waals surface area (Å²) in [5, 5.41) is 33.5. The van der Waals surface area contributed by atoms with E-state index in [1.165, 1.54) is 19.2 Å². The van der Waals surface area contributed by atoms with Crippen LogP contribution >= 0.6 is 11.8 Å². The largest absolute Gasteiger partial charge is 0.490 e. The molecule has 0 aliphatic rings. The van der Waals surface area contributed by atoms with Gasteiger partial charge >= 0.3 is 30.3 Å². The third-order valence-electron chi connectivity index (χ3n) is 9.23. The Balaban J connectivity index is 0.000000866. The first-order chi connectivity index (χ1) is 30.0. The topological polar surface area (TPSA) is 223 Å². The number of alkyl halides is 6. The van der Waals surface area contributed by atoms with E-state index in [-0.39, 0.29) is 42.4 Å². The van der Waals surface area contributed by atoms with Crippen LogP contribution in [0.2, 0.25) is 0 Å². The number of rotatable bonds is 19. The SMILES string of the molecule is CC[C@H](C)[C@@H](CN(CC(=O)N[C@@H](CCSC)C(=O)OC)Cc1cccc2ccccc12)NC(=O)Cc1cn(Cc2ccc([N+](=O)[O-])cc2)cn1.O=C(O)C(F)(F)F.O=C(O)C(F)(F)F. The molecule has 0 aliphatic carbocycles. The van der Waals surface area contributed by atoms with Crippen molar-refractivity contribution in [2.75, 3.05) is 32.2 Å². The molecule has 4 aromatic rings. The molecule has 1 aromatic heterocycles. The van der Waals surface area contributed by atoms with Crippen LogP contribution in [0.5, 0.6) is 0 Å². The summed E-state index contributed by atoms with van der Waals surface area (Å²) in [6.07, 6.45) is -3.45. The van der Waals surface area contributed by atoms with Crippen LogP contribution < -0.4 is 10.6 Å². The molecule has 0 saturated heterocycles. The highest BCUT2D eigenvalue weighted by atomic mass is 32.2. The van der Waals surface area contributed by atoms with Crippen LogP contribution in [0.1, 0.15) is 43.5 Å². The Morgan fingerprint density at radius 2 is 1.52 bits per heavy atom. The second-order valence-corrected chi connectivity index (χ2v) is 15.0. The minimum atomic E-state index is -5.08. The maximum atomic E-state index is 13.5. The Kier molecular flexibility index (Phi) is 21.7. The quantitative estimate of drug-likeness (QED) is 0.0354. The number of nitrogens with one attached hydrogen (secondary N) is 2. The summed E-state index contributed by atoms with van der Waals surface area (Å²) in [7, 11) is 1.32. The van der Waals surface area contributed by atoms with E-state index in [0.29, 0.717) is 37.5 Å². The van der Waals surface area contributed by atoms with Gasteiger partial charge in [-0.2, -0.15) is 38.1 Å². The van der Waals surface area contributed by atoms with Gasteiger partial charge in [-0.1, -0.05) is 74.9 Å². The molecule has 64 heavy (non-hydrogen) atoms. The number of aliphatic carboxylic acids is 2. The number of ether oxygens (including phenoxy) is 1. The van der Waals surface area contributed by atoms with Gasteiger partial charge in [0.25, 0.3) is 5.69 Å². The van der Waals surface area contributed by atoms with Crippen LogP contribution in [0.3, 0.4) is 0 Å². The number of carbonyl (C=O) groups excluding carboxylic acids is 3. The number of nitrogens with zero attached hydrogens (tertiary/aromatic N) is 4. The number of esters is 1. The van der Waals surface area contributed by atoms with E-state index in [9.17, 15) is 50.8 Å². The number of nitro benzene ring substituents is 1. The highest BCUT2D eigenvalue weighted by molar-refractivity contribution is 7.98. The summed E-state index contributed by atoms with van der Waals surface area (Å²) in [5.74, 6) is -5.69. The summed E-state index contributed by atoms with van der Waals surface area (Å²) >= 11 is 1.59. The van der Waals surface area contributed by atoms with Gasteiger partial charge in [0.15, 0.2) is 0 Å². The van der Waals surface area contributed by atoms with Crippen molar-refractivity contribution in [3.63, 3.8) is 0 Å². The number of methoxy groups -OCH3 is 1. The van der Waals surface area contributed by atoms with E-state index in [1.807, 2.05) is 40.0 Å². The lowest BCUT2D eigenvalue weighted by Crippen LogP contribution is -2.51. The molecule has 0 unspecified atom stereocenters. The highest BCUT2D eigenvalue weighted by Crippen LogP contribution is 2.22. The van der Waals surface area contributed by atoms with Crippen molar-refractivity contribution in [1.29, 1.82) is 0 Å². The van der Waals surface area contributed by atoms with Crippen molar-refractivity contribution >= 4 is 57.9 Å². The van der Waals surface area contributed by atoms with Crippen molar-refractivity contribution in [3.8, 4) is 0 Å². The Labute approximate surface area is 367 Å². The van der Waals surface area contributed by atoms with E-state index < -0.39 is 41.2 Å². The lowest BCUT2D eigenvalue weighted by atomic mass is 9.97. The van der Waals surface area contributed by atoms with Crippen LogP contribution in [0.25, 0.3) is 10.8 Å². The fourth-order valence-corrected chi connectivity index (χ4v) is 6.27. The van der Waals surface area contributed by atoms with E-state index in [4.69, 9.17) is 24.5 Å². The molecule has 1 heterocycles. The average Bonchev–Trinajstić information content (AvgIpc) is 3.67. The number of carboxylic acid groups (broad SMARTS) is 2. The molecule has 2 amide bonds. The lowest BCUT2D eigenvalue weighted by molar-refractivity contribution is -0.384. The molecule has 23 heteroatoms. The Bertz CT molecular complexity index is 2140. The molecular formula is C41H48F6N6O10S. The van der Waals surface area contributed by atoms with Crippen molar-refractivity contribution in [1.82, 2.24) is 25.1 Å². The van der Waals surface area contributed by atoms with Crippen LogP contribution in [0, 0.1) is 16.0 Å². The molecule has 4 rings (SSSR count). The summed E-state index contributed by atoms with van der Waals surface area (Å²) < 4.78 is 70.3. The highest BCUT2D eigenvalue weighted by Gasteiger charge is 2.39. The molecule has 0 saturated carbocycles. The van der Waals surface area contributed by atoms with Crippen molar-refractivity contribution in [2.45, 2.75) is 70.6 Å². The van der Waals surface area contributed by atoms with E-state index >= 15 is 0 Å². The second kappa shape index (κ2) is 25.8. The zero-order valence-electron chi connectivity index (χ0n) is 35.0. The summed E-state index contributed by atoms with van der Waals surface area (Å²) in [4.78, 5) is 74.1. The fraction of sp³-hybridized carbons (Fsp3) is 0.415. The minimum absolute atomic E-state index is 0.0197. The molecule has 0 spiro atoms. The number of imidazole rings is 1. The molecule has 0 fully saturated rings. The van der Waals surface area contributed by atoms with Crippen molar-refractivity contribution in [3.05, 3.63) is 106 Å². The smallest absolute Gasteiger partial charge is 0.475 e. The summed E-state index contributed by atoms with van der Waals surface area (Å²) in [6.45, 7) is 5.49. The molecule has 4 N–H and O–H groups in total. The van der Waals surface area contributed by atoms with Gasteiger partial charge in [0, 0.05) is 44.0 Å². The standard InChI is InChI=1S/C37H46N6O6S.2C2HF3O2/c1-5-26(2)34(40-35(44)19-30-22-42(25-38-30)20-27-13-15-31(16-14-27)43(47)48)23-41(21-29-11-8-10-28-9-6-7-12-32(28)29)24-36(45)39-33(17-18-50-4)37(46)49-3;2*3-2(4,5)1(6)7/h6-16,22,25-26,33-34H,5,17-21,23-24H2,1-4H3,(H,39,45)(H,40,44);2*(H,6,7)/t26-,33-,34+;;/m0../s1. The van der Waals surface area contributed by atoms with Crippen LogP contribution in [0.4, 0.5) is 32.0 Å². The number of hydrogen-bond acceptors (Lipinski definition) is 11. The zero-order chi connectivity index (χ0) is 48.2. The molecule has 0 bridgehead atoms. The number of benzene rings is 3. The third kappa shape index (κ3) is 19.0. The first-order valence-electron chi connectivity index (χ1n) is 19.2. The molecule has 350 valence electrons. The van der Waals surface area contributed by atoms with Crippen LogP contribution in [-0.2, 0) is 48.2 Å². The number of amides is 2. The fourth-order valence-electron chi connectivity index (χ4n) is 5.80. The summed E-state index contributed by atoms with van der Waals surface area (Å²) in [6, 6.07) is 19.5. The molecular weight excluding hydrogens is 883 g/mol. The molecule has 0 aliphatic heterocycles. The number of carboxylic acids is 2. The van der Waals surface area contributed by atoms with Gasteiger partial charge in [-0.25, -0.2) is 19.4 Å². The second-order valence-electron chi connectivity index (χ2n) is 14.0. The number of non-ortho nitro benzene ring substituents is 1. The van der Waals surface area contributed by atoms with Gasteiger partial charge in [-0.3, -0.25) is 24.6 Å². The number of hydrogen-bond donors (Lipinski definition) is 4. The number of carbonyl (C=O) groups is 5. The monoisotopic (exact) mass is 930 g/mol. The number of nitro groups is 1. The Morgan fingerprint density at radius 3 is 2.06 bits per heavy atom. The first kappa shape index (κ1) is 53.9. The number of aromatic nitrogens is 2. The molecule has 3 aromatic carbocycles. The lowest BCUT2D eigenvalue weighted by Gasteiger charge is -2.31.